The minimum Gasteiger partial charge on any atom is -0.368 e. The van der Waals surface area contributed by atoms with E-state index in [1.54, 1.807) is 34.1 Å². The van der Waals surface area contributed by atoms with Gasteiger partial charge in [0.2, 0.25) is 17.7 Å². The van der Waals surface area contributed by atoms with Gasteiger partial charge in [-0.1, -0.05) is 80.6 Å². The second kappa shape index (κ2) is 13.6. The monoisotopic (exact) mass is 593 g/mol. The van der Waals surface area contributed by atoms with Crippen LogP contribution in [-0.4, -0.2) is 75.0 Å². The highest BCUT2D eigenvalue weighted by molar-refractivity contribution is 5.99. The summed E-state index contributed by atoms with van der Waals surface area (Å²) < 4.78 is 0. The number of carbonyl (C=O) groups is 4. The standard InChI is InChI=1S/C35H39N5O4/c1-24(2)20-38(23-32(36)41)33(42)18-28-22-39(21-25-11-5-3-6-12-25)35(44)31(40(28)34(43)26-13-7-4-8-14-26)17-27-19-37-30-16-10-9-15-29(27)30/h3-16,19,24,28,31,37H,17-18,20-23H2,1-2H3,(H2,36,41)/t28?,31-/m0/s1. The summed E-state index contributed by atoms with van der Waals surface area (Å²) in [4.78, 5) is 62.4. The summed E-state index contributed by atoms with van der Waals surface area (Å²) in [6.07, 6.45) is 2.10. The molecule has 9 nitrogen and oxygen atoms in total. The minimum atomic E-state index is -0.855. The number of nitrogens with one attached hydrogen (secondary N) is 1. The van der Waals surface area contributed by atoms with Gasteiger partial charge in [0, 0.05) is 55.1 Å². The van der Waals surface area contributed by atoms with Gasteiger partial charge in [0.25, 0.3) is 5.91 Å². The number of hydrogen-bond acceptors (Lipinski definition) is 4. The van der Waals surface area contributed by atoms with Crippen molar-refractivity contribution in [1.82, 2.24) is 19.7 Å². The molecule has 2 heterocycles. The number of primary amides is 1. The Bertz CT molecular complexity index is 1620. The van der Waals surface area contributed by atoms with E-state index in [4.69, 9.17) is 5.73 Å². The van der Waals surface area contributed by atoms with E-state index >= 15 is 0 Å². The van der Waals surface area contributed by atoms with E-state index in [2.05, 4.69) is 4.98 Å². The van der Waals surface area contributed by atoms with Gasteiger partial charge in [0.15, 0.2) is 0 Å². The van der Waals surface area contributed by atoms with Crippen LogP contribution in [0.5, 0.6) is 0 Å². The average Bonchev–Trinajstić information content (AvgIpc) is 3.42. The molecule has 2 atom stereocenters. The van der Waals surface area contributed by atoms with E-state index in [9.17, 15) is 19.2 Å². The first-order valence-electron chi connectivity index (χ1n) is 15.0. The molecule has 1 unspecified atom stereocenters. The highest BCUT2D eigenvalue weighted by Gasteiger charge is 2.44. The van der Waals surface area contributed by atoms with Crippen LogP contribution in [0.2, 0.25) is 0 Å². The Labute approximate surface area is 257 Å². The summed E-state index contributed by atoms with van der Waals surface area (Å²) in [5.74, 6) is -1.27. The molecule has 4 amide bonds. The van der Waals surface area contributed by atoms with Crippen molar-refractivity contribution in [3.8, 4) is 0 Å². The van der Waals surface area contributed by atoms with Crippen molar-refractivity contribution in [3.63, 3.8) is 0 Å². The molecular weight excluding hydrogens is 554 g/mol. The molecule has 1 aliphatic heterocycles. The Morgan fingerprint density at radius 1 is 0.955 bits per heavy atom. The van der Waals surface area contributed by atoms with E-state index in [1.807, 2.05) is 80.7 Å². The number of piperazine rings is 1. The first-order valence-corrected chi connectivity index (χ1v) is 15.0. The van der Waals surface area contributed by atoms with Crippen LogP contribution < -0.4 is 5.73 Å². The summed E-state index contributed by atoms with van der Waals surface area (Å²) in [6, 6.07) is 24.9. The Morgan fingerprint density at radius 2 is 1.61 bits per heavy atom. The van der Waals surface area contributed by atoms with Crippen LogP contribution in [0.4, 0.5) is 0 Å². The minimum absolute atomic E-state index is 0.0540. The number of amides is 4. The van der Waals surface area contributed by atoms with E-state index in [0.717, 1.165) is 22.0 Å². The molecule has 3 N–H and O–H groups in total. The van der Waals surface area contributed by atoms with Crippen LogP contribution in [0.3, 0.4) is 0 Å². The summed E-state index contributed by atoms with van der Waals surface area (Å²) in [7, 11) is 0. The summed E-state index contributed by atoms with van der Waals surface area (Å²) in [5, 5.41) is 0.977. The highest BCUT2D eigenvalue weighted by atomic mass is 16.2. The largest absolute Gasteiger partial charge is 0.368 e. The molecule has 0 spiro atoms. The van der Waals surface area contributed by atoms with Crippen LogP contribution in [0.15, 0.2) is 91.1 Å². The van der Waals surface area contributed by atoms with Gasteiger partial charge in [-0.05, 0) is 35.2 Å². The SMILES string of the molecule is CC(C)CN(CC(N)=O)C(=O)CC1CN(Cc2ccccc2)C(=O)[C@H](Cc2c[nH]c3ccccc23)N1C(=O)c1ccccc1. The number of para-hydroxylation sites is 1. The number of fused-ring (bicyclic) bond motifs is 1. The number of aromatic nitrogens is 1. The van der Waals surface area contributed by atoms with Crippen molar-refractivity contribution < 1.29 is 19.2 Å². The number of carbonyl (C=O) groups excluding carboxylic acids is 4. The third-order valence-corrected chi connectivity index (χ3v) is 8.01. The number of aromatic amines is 1. The molecule has 0 aliphatic carbocycles. The second-order valence-corrected chi connectivity index (χ2v) is 11.9. The van der Waals surface area contributed by atoms with Gasteiger partial charge in [-0.2, -0.15) is 0 Å². The fourth-order valence-electron chi connectivity index (χ4n) is 6.07. The maximum absolute atomic E-state index is 14.4. The number of nitrogens with two attached hydrogens (primary N) is 1. The van der Waals surface area contributed by atoms with Crippen LogP contribution in [-0.2, 0) is 27.3 Å². The smallest absolute Gasteiger partial charge is 0.254 e. The molecule has 44 heavy (non-hydrogen) atoms. The number of nitrogens with zero attached hydrogens (tertiary/aromatic N) is 3. The molecule has 0 saturated carbocycles. The Kier molecular flexibility index (Phi) is 9.43. The lowest BCUT2D eigenvalue weighted by molar-refractivity contribution is -0.147. The maximum atomic E-state index is 14.4. The zero-order valence-corrected chi connectivity index (χ0v) is 25.2. The molecule has 0 radical (unpaired) electrons. The number of benzene rings is 3. The van der Waals surface area contributed by atoms with Crippen molar-refractivity contribution in [3.05, 3.63) is 108 Å². The van der Waals surface area contributed by atoms with Gasteiger partial charge < -0.3 is 25.4 Å². The number of H-pyrrole nitrogens is 1. The normalized spacial score (nSPS) is 16.8. The molecule has 1 fully saturated rings. The lowest BCUT2D eigenvalue weighted by atomic mass is 9.94. The third kappa shape index (κ3) is 6.99. The topological polar surface area (TPSA) is 120 Å². The van der Waals surface area contributed by atoms with Crippen molar-refractivity contribution in [1.29, 1.82) is 0 Å². The van der Waals surface area contributed by atoms with Gasteiger partial charge in [-0.3, -0.25) is 19.2 Å². The van der Waals surface area contributed by atoms with Crippen molar-refractivity contribution >= 4 is 34.5 Å². The second-order valence-electron chi connectivity index (χ2n) is 11.9. The Hall–Kier alpha value is -4.92. The molecular formula is C35H39N5O4. The molecule has 1 aliphatic rings. The molecule has 5 rings (SSSR count). The number of hydrogen-bond donors (Lipinski definition) is 2. The van der Waals surface area contributed by atoms with Gasteiger partial charge in [-0.15, -0.1) is 0 Å². The lowest BCUT2D eigenvalue weighted by Crippen LogP contribution is -2.64. The van der Waals surface area contributed by atoms with E-state index < -0.39 is 18.0 Å². The summed E-state index contributed by atoms with van der Waals surface area (Å²) >= 11 is 0. The van der Waals surface area contributed by atoms with E-state index in [0.29, 0.717) is 18.7 Å². The molecule has 0 bridgehead atoms. The maximum Gasteiger partial charge on any atom is 0.254 e. The average molecular weight is 594 g/mol. The van der Waals surface area contributed by atoms with Crippen LogP contribution in [0.1, 0.15) is 41.8 Å². The molecule has 1 aromatic heterocycles. The highest BCUT2D eigenvalue weighted by Crippen LogP contribution is 2.29. The van der Waals surface area contributed by atoms with E-state index in [-0.39, 0.29) is 49.6 Å². The lowest BCUT2D eigenvalue weighted by Gasteiger charge is -2.46. The Balaban J connectivity index is 1.56. The molecule has 3 aromatic carbocycles. The van der Waals surface area contributed by atoms with Gasteiger partial charge >= 0.3 is 0 Å². The molecule has 228 valence electrons. The van der Waals surface area contributed by atoms with Crippen LogP contribution in [0.25, 0.3) is 10.9 Å². The van der Waals surface area contributed by atoms with Crippen LogP contribution in [0, 0.1) is 5.92 Å². The zero-order chi connectivity index (χ0) is 31.2. The van der Waals surface area contributed by atoms with Gasteiger partial charge in [-0.25, -0.2) is 0 Å². The molecule has 4 aromatic rings. The molecule has 1 saturated heterocycles. The number of rotatable bonds is 11. The summed E-state index contributed by atoms with van der Waals surface area (Å²) in [6.45, 7) is 4.59. The van der Waals surface area contributed by atoms with E-state index in [1.165, 1.54) is 4.90 Å². The van der Waals surface area contributed by atoms with Gasteiger partial charge in [0.1, 0.15) is 6.04 Å². The quantitative estimate of drug-likeness (QED) is 0.273. The van der Waals surface area contributed by atoms with Crippen molar-refractivity contribution in [2.45, 2.75) is 45.3 Å². The van der Waals surface area contributed by atoms with Gasteiger partial charge in [0.05, 0.1) is 12.6 Å². The zero-order valence-electron chi connectivity index (χ0n) is 25.2. The van der Waals surface area contributed by atoms with Crippen molar-refractivity contribution in [2.24, 2.45) is 11.7 Å². The Morgan fingerprint density at radius 3 is 2.30 bits per heavy atom. The predicted molar refractivity (Wildman–Crippen MR) is 169 cm³/mol. The van der Waals surface area contributed by atoms with Crippen LogP contribution >= 0.6 is 0 Å². The fraction of sp³-hybridized carbons (Fsp3) is 0.314. The summed E-state index contributed by atoms with van der Waals surface area (Å²) in [5.41, 5.74) is 8.75. The molecule has 9 heteroatoms. The first kappa shape index (κ1) is 30.5. The van der Waals surface area contributed by atoms with Crippen molar-refractivity contribution in [2.75, 3.05) is 19.6 Å². The first-order chi connectivity index (χ1) is 21.2. The third-order valence-electron chi connectivity index (χ3n) is 8.01. The predicted octanol–water partition coefficient (Wildman–Crippen LogP) is 3.99. The fourth-order valence-corrected chi connectivity index (χ4v) is 6.07.